The molecule has 0 fully saturated rings. The molecule has 0 saturated heterocycles. The molecule has 0 saturated carbocycles. The smallest absolute Gasteiger partial charge is 0.388 e. The largest absolute Gasteiger partial charge is 0.416 e. The van der Waals surface area contributed by atoms with Gasteiger partial charge in [0.1, 0.15) is 17.8 Å². The van der Waals surface area contributed by atoms with Gasteiger partial charge in [0, 0.05) is 6.21 Å². The molecular weight excluding hydrogens is 257 g/mol. The molecular formula is C12H7F3N4. The Labute approximate surface area is 106 Å². The van der Waals surface area contributed by atoms with Crippen LogP contribution in [0.4, 0.5) is 13.2 Å². The molecule has 0 bridgehead atoms. The zero-order valence-corrected chi connectivity index (χ0v) is 9.44. The van der Waals surface area contributed by atoms with E-state index in [4.69, 9.17) is 16.3 Å². The number of benzene rings is 1. The highest BCUT2D eigenvalue weighted by atomic mass is 19.4. The Hall–Kier alpha value is -2.80. The summed E-state index contributed by atoms with van der Waals surface area (Å²) in [7, 11) is 0. The van der Waals surface area contributed by atoms with E-state index in [1.54, 1.807) is 12.1 Å². The Morgan fingerprint density at radius 3 is 2.16 bits per heavy atom. The average Bonchev–Trinajstić information content (AvgIpc) is 2.38. The van der Waals surface area contributed by atoms with Crippen LogP contribution < -0.4 is 5.73 Å². The van der Waals surface area contributed by atoms with E-state index < -0.39 is 11.7 Å². The molecule has 1 aromatic carbocycles. The lowest BCUT2D eigenvalue weighted by Gasteiger charge is -2.05. The summed E-state index contributed by atoms with van der Waals surface area (Å²) < 4.78 is 36.9. The molecule has 4 nitrogen and oxygen atoms in total. The summed E-state index contributed by atoms with van der Waals surface area (Å²) in [5, 5.41) is 17.1. The van der Waals surface area contributed by atoms with E-state index >= 15 is 0 Å². The van der Waals surface area contributed by atoms with E-state index in [2.05, 4.69) is 4.99 Å². The van der Waals surface area contributed by atoms with Gasteiger partial charge in [-0.25, -0.2) is 4.99 Å². The van der Waals surface area contributed by atoms with Crippen molar-refractivity contribution in [3.63, 3.8) is 0 Å². The van der Waals surface area contributed by atoms with Gasteiger partial charge in [-0.2, -0.15) is 23.7 Å². The van der Waals surface area contributed by atoms with E-state index in [0.29, 0.717) is 5.56 Å². The molecule has 0 aromatic heterocycles. The molecule has 0 radical (unpaired) electrons. The van der Waals surface area contributed by atoms with Crippen LogP contribution in [0.25, 0.3) is 0 Å². The van der Waals surface area contributed by atoms with E-state index in [-0.39, 0.29) is 11.4 Å². The summed E-state index contributed by atoms with van der Waals surface area (Å²) in [5.74, 6) is 0. The van der Waals surface area contributed by atoms with Crippen LogP contribution in [0.5, 0.6) is 0 Å². The molecule has 0 aliphatic rings. The van der Waals surface area contributed by atoms with Gasteiger partial charge < -0.3 is 5.73 Å². The third kappa shape index (κ3) is 3.86. The van der Waals surface area contributed by atoms with E-state index in [0.717, 1.165) is 18.3 Å². The first-order chi connectivity index (χ1) is 8.88. The number of rotatable bonds is 2. The maximum Gasteiger partial charge on any atom is 0.416 e. The Kier molecular flexibility index (Phi) is 4.27. The second-order valence-electron chi connectivity index (χ2n) is 3.36. The second kappa shape index (κ2) is 5.69. The number of allylic oxidation sites excluding steroid dienone is 2. The lowest BCUT2D eigenvalue weighted by molar-refractivity contribution is -0.137. The van der Waals surface area contributed by atoms with Crippen LogP contribution in [0.3, 0.4) is 0 Å². The molecule has 19 heavy (non-hydrogen) atoms. The van der Waals surface area contributed by atoms with E-state index in [1.807, 2.05) is 0 Å². The van der Waals surface area contributed by atoms with Crippen LogP contribution in [-0.4, -0.2) is 6.21 Å². The maximum absolute atomic E-state index is 12.3. The summed E-state index contributed by atoms with van der Waals surface area (Å²) >= 11 is 0. The number of halogens is 3. The lowest BCUT2D eigenvalue weighted by Crippen LogP contribution is -2.04. The number of nitriles is 2. The molecule has 0 spiro atoms. The first kappa shape index (κ1) is 14.3. The normalized spacial score (nSPS) is 12.7. The second-order valence-corrected chi connectivity index (χ2v) is 3.36. The minimum absolute atomic E-state index is 0.289. The van der Waals surface area contributed by atoms with Crippen molar-refractivity contribution in [2.24, 2.45) is 10.7 Å². The van der Waals surface area contributed by atoms with Gasteiger partial charge in [0.15, 0.2) is 5.70 Å². The summed E-state index contributed by atoms with van der Waals surface area (Å²) in [6.45, 7) is 0. The molecule has 0 heterocycles. The monoisotopic (exact) mass is 264 g/mol. The zero-order valence-electron chi connectivity index (χ0n) is 9.44. The highest BCUT2D eigenvalue weighted by molar-refractivity contribution is 5.81. The molecule has 7 heteroatoms. The van der Waals surface area contributed by atoms with E-state index in [1.165, 1.54) is 12.1 Å². The molecule has 0 aliphatic carbocycles. The highest BCUT2D eigenvalue weighted by Gasteiger charge is 2.29. The molecule has 1 rings (SSSR count). The number of aliphatic imine (C=N–C) groups is 1. The lowest BCUT2D eigenvalue weighted by atomic mass is 10.1. The summed E-state index contributed by atoms with van der Waals surface area (Å²) in [6, 6.07) is 7.35. The first-order valence-electron chi connectivity index (χ1n) is 4.89. The fourth-order valence-corrected chi connectivity index (χ4v) is 1.11. The Bertz CT molecular complexity index is 598. The summed E-state index contributed by atoms with van der Waals surface area (Å²) in [6.07, 6.45) is -3.25. The Morgan fingerprint density at radius 1 is 1.16 bits per heavy atom. The number of nitrogens with two attached hydrogens (primary N) is 1. The number of hydrogen-bond acceptors (Lipinski definition) is 4. The van der Waals surface area contributed by atoms with Gasteiger partial charge in [0.05, 0.1) is 5.56 Å². The van der Waals surface area contributed by atoms with Crippen LogP contribution >= 0.6 is 0 Å². The van der Waals surface area contributed by atoms with Crippen LogP contribution in [0.15, 0.2) is 40.7 Å². The molecule has 0 atom stereocenters. The van der Waals surface area contributed by atoms with Crippen LogP contribution in [0.2, 0.25) is 0 Å². The van der Waals surface area contributed by atoms with Gasteiger partial charge in [0.25, 0.3) is 0 Å². The number of hydrogen-bond donors (Lipinski definition) is 1. The average molecular weight is 264 g/mol. The molecule has 0 aliphatic heterocycles. The van der Waals surface area contributed by atoms with E-state index in [9.17, 15) is 13.2 Å². The standard InChI is InChI=1S/C12H7F3N4/c13-12(14,15)9-3-1-8(2-4-9)7-19-11(6-17)10(18)5-16/h1-4,7H,18H2/b11-10+,19-7+. The fraction of sp³-hybridized carbons (Fsp3) is 0.0833. The molecule has 1 aromatic rings. The van der Waals surface area contributed by atoms with Crippen LogP contribution in [0.1, 0.15) is 11.1 Å². The summed E-state index contributed by atoms with van der Waals surface area (Å²) in [4.78, 5) is 3.64. The van der Waals surface area contributed by atoms with Crippen molar-refractivity contribution in [3.05, 3.63) is 46.8 Å². The molecule has 0 unspecified atom stereocenters. The summed E-state index contributed by atoms with van der Waals surface area (Å²) in [5.41, 5.74) is 4.13. The third-order valence-corrected chi connectivity index (χ3v) is 2.06. The van der Waals surface area contributed by atoms with Crippen molar-refractivity contribution in [2.75, 3.05) is 0 Å². The van der Waals surface area contributed by atoms with Crippen molar-refractivity contribution >= 4 is 6.21 Å². The maximum atomic E-state index is 12.3. The zero-order chi connectivity index (χ0) is 14.5. The number of alkyl halides is 3. The first-order valence-corrected chi connectivity index (χ1v) is 4.89. The Balaban J connectivity index is 2.97. The van der Waals surface area contributed by atoms with Crippen molar-refractivity contribution in [1.29, 1.82) is 10.5 Å². The van der Waals surface area contributed by atoms with Crippen molar-refractivity contribution in [1.82, 2.24) is 0 Å². The minimum atomic E-state index is -4.40. The predicted molar refractivity (Wildman–Crippen MR) is 61.5 cm³/mol. The van der Waals surface area contributed by atoms with Gasteiger partial charge >= 0.3 is 6.18 Å². The van der Waals surface area contributed by atoms with Crippen molar-refractivity contribution < 1.29 is 13.2 Å². The fourth-order valence-electron chi connectivity index (χ4n) is 1.11. The van der Waals surface area contributed by atoms with Gasteiger partial charge in [-0.15, -0.1) is 0 Å². The predicted octanol–water partition coefficient (Wildman–Crippen LogP) is 2.34. The SMILES string of the molecule is N#C/C(N)=C(C#N)\N=C\c1ccc(C(F)(F)F)cc1. The third-order valence-electron chi connectivity index (χ3n) is 2.06. The van der Waals surface area contributed by atoms with Crippen molar-refractivity contribution in [3.8, 4) is 12.1 Å². The van der Waals surface area contributed by atoms with Gasteiger partial charge in [-0.1, -0.05) is 12.1 Å². The molecule has 0 amide bonds. The highest BCUT2D eigenvalue weighted by Crippen LogP contribution is 2.28. The number of nitrogens with zero attached hydrogens (tertiary/aromatic N) is 3. The topological polar surface area (TPSA) is 86.0 Å². The van der Waals surface area contributed by atoms with Gasteiger partial charge in [-0.05, 0) is 17.7 Å². The van der Waals surface area contributed by atoms with Gasteiger partial charge in [0.2, 0.25) is 0 Å². The van der Waals surface area contributed by atoms with Crippen LogP contribution in [-0.2, 0) is 6.18 Å². The Morgan fingerprint density at radius 2 is 1.74 bits per heavy atom. The molecule has 2 N–H and O–H groups in total. The van der Waals surface area contributed by atoms with Crippen molar-refractivity contribution in [2.45, 2.75) is 6.18 Å². The van der Waals surface area contributed by atoms with Crippen LogP contribution in [0, 0.1) is 22.7 Å². The minimum Gasteiger partial charge on any atom is -0.388 e. The quantitative estimate of drug-likeness (QED) is 0.657. The van der Waals surface area contributed by atoms with Gasteiger partial charge in [-0.3, -0.25) is 0 Å². The molecule has 96 valence electrons.